The molecule has 1 atom stereocenters. The maximum absolute atomic E-state index is 11.4. The van der Waals surface area contributed by atoms with Crippen molar-refractivity contribution in [3.8, 4) is 0 Å². The molecule has 1 amide bonds. The molecule has 15 heavy (non-hydrogen) atoms. The minimum atomic E-state index is -3.51. The van der Waals surface area contributed by atoms with Crippen LogP contribution in [0, 0.1) is 5.92 Å². The van der Waals surface area contributed by atoms with Gasteiger partial charge in [0.25, 0.3) is 14.5 Å². The lowest BCUT2D eigenvalue weighted by molar-refractivity contribution is -0.139. The van der Waals surface area contributed by atoms with E-state index in [9.17, 15) is 22.9 Å². The lowest BCUT2D eigenvalue weighted by Crippen LogP contribution is -2.53. The maximum atomic E-state index is 11.4. The average Bonchev–Trinajstić information content (AvgIpc) is 2.01. The van der Waals surface area contributed by atoms with Crippen LogP contribution in [-0.4, -0.2) is 37.0 Å². The first-order chi connectivity index (χ1) is 6.63. The second kappa shape index (κ2) is 5.01. The van der Waals surface area contributed by atoms with Crippen molar-refractivity contribution in [3.05, 3.63) is 0 Å². The number of sulfone groups is 1. The second-order valence-corrected chi connectivity index (χ2v) is 6.23. The number of carbonyl (C=O) groups is 1. The third-order valence-electron chi connectivity index (χ3n) is 1.98. The molecule has 6 nitrogen and oxygen atoms in total. The van der Waals surface area contributed by atoms with Crippen LogP contribution < -0.4 is 5.09 Å². The van der Waals surface area contributed by atoms with Crippen molar-refractivity contribution in [2.75, 3.05) is 12.0 Å². The Bertz CT molecular complexity index is 352. The highest BCUT2D eigenvalue weighted by Crippen LogP contribution is 2.20. The van der Waals surface area contributed by atoms with Gasteiger partial charge in [0.1, 0.15) is 0 Å². The highest BCUT2D eigenvalue weighted by atomic mass is 32.2. The summed E-state index contributed by atoms with van der Waals surface area (Å²) in [7, 11) is -4.18. The van der Waals surface area contributed by atoms with Crippen molar-refractivity contribution in [3.63, 3.8) is 0 Å². The standard InChI is InChI=1S/C7H14NO5PS/c1-5(2)7(10,4-15(3,12)13)6(9)8-14-11/h5,10H,4H2,1-3H3,(H,8,9,11). The molecule has 2 N–H and O–H groups in total. The van der Waals surface area contributed by atoms with Gasteiger partial charge in [0, 0.05) is 6.26 Å². The van der Waals surface area contributed by atoms with Crippen LogP contribution in [0.25, 0.3) is 0 Å². The van der Waals surface area contributed by atoms with E-state index >= 15 is 0 Å². The Morgan fingerprint density at radius 3 is 2.27 bits per heavy atom. The normalized spacial score (nSPS) is 16.3. The van der Waals surface area contributed by atoms with Gasteiger partial charge < -0.3 is 5.11 Å². The van der Waals surface area contributed by atoms with Gasteiger partial charge in [-0.25, -0.2) is 13.0 Å². The molecule has 0 bridgehead atoms. The van der Waals surface area contributed by atoms with Gasteiger partial charge in [0.05, 0.1) is 5.75 Å². The van der Waals surface area contributed by atoms with E-state index < -0.39 is 41.6 Å². The third kappa shape index (κ3) is 4.24. The van der Waals surface area contributed by atoms with Crippen molar-refractivity contribution in [2.45, 2.75) is 19.4 Å². The summed E-state index contributed by atoms with van der Waals surface area (Å²) in [6, 6.07) is 0. The fraction of sp³-hybridized carbons (Fsp3) is 0.857. The largest absolute Gasteiger partial charge is 0.379 e. The van der Waals surface area contributed by atoms with Gasteiger partial charge >= 0.3 is 0 Å². The molecule has 0 heterocycles. The first-order valence-electron chi connectivity index (χ1n) is 4.16. The Morgan fingerprint density at radius 2 is 2.00 bits per heavy atom. The Hall–Kier alpha value is -0.520. The molecule has 0 aromatic rings. The molecule has 0 spiro atoms. The van der Waals surface area contributed by atoms with Crippen LogP contribution in [0.15, 0.2) is 0 Å². The van der Waals surface area contributed by atoms with Crippen molar-refractivity contribution < 1.29 is 22.9 Å². The number of hydrogen-bond acceptors (Lipinski definition) is 5. The van der Waals surface area contributed by atoms with Crippen LogP contribution in [0.5, 0.6) is 0 Å². The molecule has 0 aliphatic carbocycles. The van der Waals surface area contributed by atoms with Gasteiger partial charge in [-0.05, 0) is 5.92 Å². The zero-order chi connectivity index (χ0) is 12.3. The lowest BCUT2D eigenvalue weighted by atomic mass is 9.92. The highest BCUT2D eigenvalue weighted by molar-refractivity contribution is 7.90. The van der Waals surface area contributed by atoms with E-state index in [1.165, 1.54) is 13.8 Å². The quantitative estimate of drug-likeness (QED) is 0.659. The molecule has 0 aliphatic rings. The molecule has 8 heteroatoms. The first-order valence-corrected chi connectivity index (χ1v) is 7.03. The number of nitrogens with one attached hydrogen (secondary N) is 1. The van der Waals surface area contributed by atoms with Gasteiger partial charge in [0.2, 0.25) is 0 Å². The fourth-order valence-corrected chi connectivity index (χ4v) is 2.57. The molecule has 0 aromatic heterocycles. The van der Waals surface area contributed by atoms with Crippen LogP contribution in [-0.2, 0) is 19.2 Å². The van der Waals surface area contributed by atoms with Crippen LogP contribution in [0.4, 0.5) is 0 Å². The minimum absolute atomic E-state index is 0.603. The van der Waals surface area contributed by atoms with E-state index in [0.717, 1.165) is 6.26 Å². The smallest absolute Gasteiger partial charge is 0.281 e. The molecular weight excluding hydrogens is 241 g/mol. The van der Waals surface area contributed by atoms with Crippen LogP contribution in [0.3, 0.4) is 0 Å². The van der Waals surface area contributed by atoms with Crippen LogP contribution >= 0.6 is 8.61 Å². The van der Waals surface area contributed by atoms with Gasteiger partial charge in [-0.3, -0.25) is 9.88 Å². The van der Waals surface area contributed by atoms with Gasteiger partial charge in [0.15, 0.2) is 15.4 Å². The number of hydrogen-bond donors (Lipinski definition) is 2. The van der Waals surface area contributed by atoms with Gasteiger partial charge in [-0.15, -0.1) is 0 Å². The summed E-state index contributed by atoms with van der Waals surface area (Å²) in [5.74, 6) is -2.26. The molecule has 0 saturated carbocycles. The number of amides is 1. The molecular formula is C7H14NO5PS. The number of carbonyl (C=O) groups excluding carboxylic acids is 1. The number of aliphatic hydroxyl groups is 1. The van der Waals surface area contributed by atoms with Gasteiger partial charge in [-0.1, -0.05) is 13.8 Å². The van der Waals surface area contributed by atoms with Crippen LogP contribution in [0.1, 0.15) is 13.8 Å². The average molecular weight is 255 g/mol. The summed E-state index contributed by atoms with van der Waals surface area (Å²) in [6.07, 6.45) is 0.919. The summed E-state index contributed by atoms with van der Waals surface area (Å²) < 4.78 is 32.2. The fourth-order valence-electron chi connectivity index (χ4n) is 1.03. The van der Waals surface area contributed by atoms with E-state index in [4.69, 9.17) is 0 Å². The van der Waals surface area contributed by atoms with Crippen molar-refractivity contribution in [1.29, 1.82) is 0 Å². The Balaban J connectivity index is 5.07. The van der Waals surface area contributed by atoms with E-state index in [0.29, 0.717) is 0 Å². The van der Waals surface area contributed by atoms with Crippen molar-refractivity contribution in [1.82, 2.24) is 5.09 Å². The van der Waals surface area contributed by atoms with Crippen molar-refractivity contribution >= 4 is 24.4 Å². The van der Waals surface area contributed by atoms with Crippen molar-refractivity contribution in [2.24, 2.45) is 5.92 Å². The molecule has 0 radical (unpaired) electrons. The first kappa shape index (κ1) is 14.5. The summed E-state index contributed by atoms with van der Waals surface area (Å²) in [4.78, 5) is 11.4. The zero-order valence-electron chi connectivity index (χ0n) is 8.72. The summed E-state index contributed by atoms with van der Waals surface area (Å²) in [5.41, 5.74) is -2.05. The molecule has 0 rings (SSSR count). The zero-order valence-corrected chi connectivity index (χ0v) is 10.4. The predicted molar refractivity (Wildman–Crippen MR) is 55.2 cm³/mol. The lowest BCUT2D eigenvalue weighted by Gasteiger charge is -2.28. The second-order valence-electron chi connectivity index (χ2n) is 3.68. The minimum Gasteiger partial charge on any atom is -0.379 e. The SMILES string of the molecule is CC(C)C(O)(CS(C)(=O)=O)C(=O)NP=O. The Morgan fingerprint density at radius 1 is 1.53 bits per heavy atom. The molecule has 0 aliphatic heterocycles. The van der Waals surface area contributed by atoms with E-state index in [2.05, 4.69) is 0 Å². The number of rotatable bonds is 5. The molecule has 0 fully saturated rings. The summed E-state index contributed by atoms with van der Waals surface area (Å²) in [6.45, 7) is 3.01. The van der Waals surface area contributed by atoms with E-state index in [1.54, 1.807) is 0 Å². The highest BCUT2D eigenvalue weighted by Gasteiger charge is 2.42. The summed E-state index contributed by atoms with van der Waals surface area (Å²) >= 11 is 0. The predicted octanol–water partition coefficient (Wildman–Crippen LogP) is -0.259. The Kier molecular flexibility index (Phi) is 4.83. The van der Waals surface area contributed by atoms with E-state index in [1.807, 2.05) is 5.09 Å². The molecule has 1 unspecified atom stereocenters. The topological polar surface area (TPSA) is 101 Å². The molecule has 0 saturated heterocycles. The monoisotopic (exact) mass is 255 g/mol. The maximum Gasteiger partial charge on any atom is 0.281 e. The molecule has 88 valence electrons. The van der Waals surface area contributed by atoms with Crippen LogP contribution in [0.2, 0.25) is 0 Å². The van der Waals surface area contributed by atoms with Gasteiger partial charge in [-0.2, -0.15) is 0 Å². The Labute approximate surface area is 90.2 Å². The summed E-state index contributed by atoms with van der Waals surface area (Å²) in [5, 5.41) is 11.7. The molecule has 0 aromatic carbocycles. The van der Waals surface area contributed by atoms with E-state index in [-0.39, 0.29) is 0 Å². The third-order valence-corrected chi connectivity index (χ3v) is 3.24.